The van der Waals surface area contributed by atoms with E-state index in [1.54, 1.807) is 0 Å². The molecule has 1 aliphatic heterocycles. The van der Waals surface area contributed by atoms with Gasteiger partial charge in [-0.1, -0.05) is 19.9 Å². The van der Waals surface area contributed by atoms with E-state index in [-0.39, 0.29) is 0 Å². The number of nitrogens with one attached hydrogen (secondary N) is 2. The van der Waals surface area contributed by atoms with Gasteiger partial charge < -0.3 is 14.7 Å². The number of fused-ring (bicyclic) bond motifs is 2. The second-order valence-corrected chi connectivity index (χ2v) is 7.90. The molecular weight excluding hydrogens is 334 g/mol. The van der Waals surface area contributed by atoms with Crippen LogP contribution in [-0.2, 0) is 0 Å². The molecule has 5 rings (SSSR count). The molecule has 1 aliphatic rings. The summed E-state index contributed by atoms with van der Waals surface area (Å²) in [4.78, 5) is 8.22. The fraction of sp³-hybridized carbons (Fsp3) is 0.348. The SMILES string of the molecule is CC(C)c1c(-c2coc3cccnc23)[nH]c2ccc(C3CCNCC3)cc12. The van der Waals surface area contributed by atoms with Crippen molar-refractivity contribution in [3.05, 3.63) is 53.9 Å². The molecule has 0 saturated carbocycles. The van der Waals surface area contributed by atoms with E-state index in [0.29, 0.717) is 11.8 Å². The van der Waals surface area contributed by atoms with Crippen LogP contribution >= 0.6 is 0 Å². The van der Waals surface area contributed by atoms with Crippen LogP contribution in [-0.4, -0.2) is 23.1 Å². The van der Waals surface area contributed by atoms with Crippen molar-refractivity contribution in [2.45, 2.75) is 38.5 Å². The molecule has 4 heteroatoms. The summed E-state index contributed by atoms with van der Waals surface area (Å²) >= 11 is 0. The quantitative estimate of drug-likeness (QED) is 0.503. The van der Waals surface area contributed by atoms with Gasteiger partial charge in [-0.15, -0.1) is 0 Å². The Morgan fingerprint density at radius 1 is 1.15 bits per heavy atom. The van der Waals surface area contributed by atoms with Gasteiger partial charge in [-0.25, -0.2) is 0 Å². The lowest BCUT2D eigenvalue weighted by molar-refractivity contribution is 0.460. The summed E-state index contributed by atoms with van der Waals surface area (Å²) in [5, 5.41) is 4.80. The number of aromatic amines is 1. The molecule has 4 nitrogen and oxygen atoms in total. The predicted molar refractivity (Wildman–Crippen MR) is 110 cm³/mol. The smallest absolute Gasteiger partial charge is 0.153 e. The Balaban J connectivity index is 1.69. The third kappa shape index (κ3) is 2.76. The number of pyridine rings is 1. The Labute approximate surface area is 159 Å². The van der Waals surface area contributed by atoms with Gasteiger partial charge in [-0.05, 0) is 73.2 Å². The van der Waals surface area contributed by atoms with Crippen LogP contribution in [0.5, 0.6) is 0 Å². The topological polar surface area (TPSA) is 53.9 Å². The van der Waals surface area contributed by atoms with E-state index in [4.69, 9.17) is 4.42 Å². The van der Waals surface area contributed by atoms with Crippen LogP contribution in [0.25, 0.3) is 33.3 Å². The molecule has 0 aliphatic carbocycles. The van der Waals surface area contributed by atoms with E-state index in [1.165, 1.54) is 34.9 Å². The van der Waals surface area contributed by atoms with Crippen molar-refractivity contribution in [2.24, 2.45) is 0 Å². The number of aromatic nitrogens is 2. The number of rotatable bonds is 3. The highest BCUT2D eigenvalue weighted by molar-refractivity contribution is 5.98. The molecule has 3 aromatic heterocycles. The Morgan fingerprint density at radius 3 is 2.81 bits per heavy atom. The molecule has 0 bridgehead atoms. The van der Waals surface area contributed by atoms with Gasteiger partial charge in [0.25, 0.3) is 0 Å². The summed E-state index contributed by atoms with van der Waals surface area (Å²) < 4.78 is 5.76. The van der Waals surface area contributed by atoms with Crippen LogP contribution in [0.4, 0.5) is 0 Å². The summed E-state index contributed by atoms with van der Waals surface area (Å²) in [6.45, 7) is 6.76. The fourth-order valence-electron chi connectivity index (χ4n) is 4.50. The molecule has 1 saturated heterocycles. The highest BCUT2D eigenvalue weighted by atomic mass is 16.3. The maximum absolute atomic E-state index is 5.76. The van der Waals surface area contributed by atoms with Gasteiger partial charge in [0.05, 0.1) is 11.3 Å². The summed E-state index contributed by atoms with van der Waals surface area (Å²) in [5.74, 6) is 1.07. The number of piperidine rings is 1. The first-order valence-corrected chi connectivity index (χ1v) is 9.91. The minimum atomic E-state index is 0.408. The molecule has 4 aromatic rings. The monoisotopic (exact) mass is 359 g/mol. The Bertz CT molecular complexity index is 1100. The van der Waals surface area contributed by atoms with Crippen molar-refractivity contribution in [3.8, 4) is 11.3 Å². The minimum absolute atomic E-state index is 0.408. The van der Waals surface area contributed by atoms with Gasteiger partial charge in [0, 0.05) is 17.1 Å². The normalized spacial score (nSPS) is 16.0. The number of H-pyrrole nitrogens is 1. The molecule has 0 unspecified atom stereocenters. The summed E-state index contributed by atoms with van der Waals surface area (Å²) in [6, 6.07) is 10.8. The second kappa shape index (κ2) is 6.54. The average molecular weight is 359 g/mol. The molecule has 0 radical (unpaired) electrons. The van der Waals surface area contributed by atoms with Crippen LogP contribution < -0.4 is 5.32 Å². The van der Waals surface area contributed by atoms with Gasteiger partial charge in [0.1, 0.15) is 11.8 Å². The van der Waals surface area contributed by atoms with Gasteiger partial charge in [-0.2, -0.15) is 0 Å². The molecule has 27 heavy (non-hydrogen) atoms. The number of benzene rings is 1. The first-order chi connectivity index (χ1) is 13.2. The van der Waals surface area contributed by atoms with Crippen LogP contribution in [0.3, 0.4) is 0 Å². The lowest BCUT2D eigenvalue weighted by Gasteiger charge is -2.23. The van der Waals surface area contributed by atoms with E-state index >= 15 is 0 Å². The van der Waals surface area contributed by atoms with Crippen molar-refractivity contribution < 1.29 is 4.42 Å². The van der Waals surface area contributed by atoms with Crippen molar-refractivity contribution in [2.75, 3.05) is 13.1 Å². The van der Waals surface area contributed by atoms with Crippen molar-refractivity contribution in [3.63, 3.8) is 0 Å². The molecule has 138 valence electrons. The lowest BCUT2D eigenvalue weighted by Crippen LogP contribution is -2.26. The zero-order valence-corrected chi connectivity index (χ0v) is 15.9. The highest BCUT2D eigenvalue weighted by Gasteiger charge is 2.22. The van der Waals surface area contributed by atoms with E-state index in [9.17, 15) is 0 Å². The fourth-order valence-corrected chi connectivity index (χ4v) is 4.50. The maximum Gasteiger partial charge on any atom is 0.153 e. The maximum atomic E-state index is 5.76. The number of hydrogen-bond donors (Lipinski definition) is 2. The van der Waals surface area contributed by atoms with Gasteiger partial charge in [-0.3, -0.25) is 4.98 Å². The first-order valence-electron chi connectivity index (χ1n) is 9.91. The highest BCUT2D eigenvalue weighted by Crippen LogP contribution is 2.40. The van der Waals surface area contributed by atoms with Crippen molar-refractivity contribution in [1.82, 2.24) is 15.3 Å². The molecular formula is C23H25N3O. The molecule has 2 N–H and O–H groups in total. The second-order valence-electron chi connectivity index (χ2n) is 7.90. The molecule has 0 atom stereocenters. The lowest BCUT2D eigenvalue weighted by atomic mass is 9.88. The van der Waals surface area contributed by atoms with E-state index in [0.717, 1.165) is 35.4 Å². The zero-order chi connectivity index (χ0) is 18.4. The summed E-state index contributed by atoms with van der Waals surface area (Å²) in [6.07, 6.45) is 6.10. The molecule has 1 aromatic carbocycles. The van der Waals surface area contributed by atoms with E-state index in [1.807, 2.05) is 24.6 Å². The number of hydrogen-bond acceptors (Lipinski definition) is 3. The van der Waals surface area contributed by atoms with Gasteiger partial charge in [0.15, 0.2) is 5.58 Å². The summed E-state index contributed by atoms with van der Waals surface area (Å²) in [7, 11) is 0. The summed E-state index contributed by atoms with van der Waals surface area (Å²) in [5.41, 5.74) is 7.95. The molecule has 0 spiro atoms. The number of furan rings is 1. The molecule has 0 amide bonds. The van der Waals surface area contributed by atoms with Gasteiger partial charge in [0.2, 0.25) is 0 Å². The van der Waals surface area contributed by atoms with E-state index < -0.39 is 0 Å². The Morgan fingerprint density at radius 2 is 2.00 bits per heavy atom. The molecule has 1 fully saturated rings. The van der Waals surface area contributed by atoms with Crippen molar-refractivity contribution in [1.29, 1.82) is 0 Å². The largest absolute Gasteiger partial charge is 0.462 e. The number of nitrogens with zero attached hydrogens (tertiary/aromatic N) is 1. The van der Waals surface area contributed by atoms with Crippen LogP contribution in [0, 0.1) is 0 Å². The average Bonchev–Trinajstić information content (AvgIpc) is 3.29. The van der Waals surface area contributed by atoms with Crippen LogP contribution in [0.15, 0.2) is 47.2 Å². The van der Waals surface area contributed by atoms with Crippen LogP contribution in [0.2, 0.25) is 0 Å². The molecule has 4 heterocycles. The van der Waals surface area contributed by atoms with Crippen molar-refractivity contribution >= 4 is 22.0 Å². The van der Waals surface area contributed by atoms with Crippen LogP contribution in [0.1, 0.15) is 49.7 Å². The van der Waals surface area contributed by atoms with Gasteiger partial charge >= 0.3 is 0 Å². The van der Waals surface area contributed by atoms with E-state index in [2.05, 4.69) is 47.3 Å². The third-order valence-corrected chi connectivity index (χ3v) is 5.85. The Kier molecular flexibility index (Phi) is 4.01. The first kappa shape index (κ1) is 16.6. The minimum Gasteiger partial charge on any atom is -0.462 e. The standard InChI is InChI=1S/C23H25N3O/c1-14(2)21-17-12-16(15-7-10-24-11-8-15)5-6-19(17)26-23(21)18-13-27-20-4-3-9-25-22(18)20/h3-6,9,12-15,24,26H,7-8,10-11H2,1-2H3. The Hall–Kier alpha value is -2.59. The zero-order valence-electron chi connectivity index (χ0n) is 15.9. The predicted octanol–water partition coefficient (Wildman–Crippen LogP) is 5.57. The third-order valence-electron chi connectivity index (χ3n) is 5.85.